The molecule has 0 amide bonds. The molecule has 0 aliphatic carbocycles. The number of hydrogen-bond acceptors (Lipinski definition) is 6. The Morgan fingerprint density at radius 1 is 1.39 bits per heavy atom. The van der Waals surface area contributed by atoms with Crippen molar-refractivity contribution in [3.8, 4) is 22.8 Å². The van der Waals surface area contributed by atoms with Crippen molar-refractivity contribution in [2.75, 3.05) is 7.11 Å². The van der Waals surface area contributed by atoms with Crippen LogP contribution in [0.5, 0.6) is 5.75 Å². The first-order valence-corrected chi connectivity index (χ1v) is 6.48. The molecule has 3 aromatic rings. The van der Waals surface area contributed by atoms with Gasteiger partial charge in [0, 0.05) is 11.8 Å². The van der Waals surface area contributed by atoms with Crippen LogP contribution in [0.1, 0.15) is 10.4 Å². The lowest BCUT2D eigenvalue weighted by atomic mass is 10.1. The van der Waals surface area contributed by atoms with Gasteiger partial charge in [0.25, 0.3) is 5.56 Å². The number of carboxylic acid groups (broad SMARTS) is 1. The Balaban J connectivity index is 2.11. The van der Waals surface area contributed by atoms with E-state index in [9.17, 15) is 9.59 Å². The first-order valence-electron chi connectivity index (χ1n) is 6.48. The molecule has 0 radical (unpaired) electrons. The summed E-state index contributed by atoms with van der Waals surface area (Å²) in [5.74, 6) is -0.531. The average molecular weight is 313 g/mol. The molecule has 0 saturated heterocycles. The molecule has 0 atom stereocenters. The molecule has 0 spiro atoms. The predicted octanol–water partition coefficient (Wildman–Crippen LogP) is 0.724. The Bertz CT molecular complexity index is 917. The van der Waals surface area contributed by atoms with E-state index in [1.165, 1.54) is 18.0 Å². The van der Waals surface area contributed by atoms with Crippen LogP contribution in [0.25, 0.3) is 17.1 Å². The van der Waals surface area contributed by atoms with Crippen molar-refractivity contribution in [2.24, 2.45) is 0 Å². The van der Waals surface area contributed by atoms with Gasteiger partial charge in [-0.15, -0.1) is 5.10 Å². The molecule has 0 aliphatic heterocycles. The van der Waals surface area contributed by atoms with Gasteiger partial charge in [0.1, 0.15) is 22.8 Å². The van der Waals surface area contributed by atoms with E-state index in [4.69, 9.17) is 9.84 Å². The van der Waals surface area contributed by atoms with Gasteiger partial charge in [-0.25, -0.2) is 14.5 Å². The number of methoxy groups -OCH3 is 1. The lowest BCUT2D eigenvalue weighted by Crippen LogP contribution is -2.18. The van der Waals surface area contributed by atoms with Crippen molar-refractivity contribution in [1.82, 2.24) is 25.0 Å². The van der Waals surface area contributed by atoms with Crippen LogP contribution in [0.3, 0.4) is 0 Å². The van der Waals surface area contributed by atoms with E-state index < -0.39 is 17.1 Å². The van der Waals surface area contributed by atoms with Crippen LogP contribution in [0.4, 0.5) is 0 Å². The smallest absolute Gasteiger partial charge is 0.342 e. The second kappa shape index (κ2) is 5.72. The Kier molecular flexibility index (Phi) is 3.59. The summed E-state index contributed by atoms with van der Waals surface area (Å²) >= 11 is 0. The minimum Gasteiger partial charge on any atom is -0.494 e. The third-order valence-corrected chi connectivity index (χ3v) is 3.15. The number of aromatic carboxylic acids is 1. The monoisotopic (exact) mass is 313 g/mol. The summed E-state index contributed by atoms with van der Waals surface area (Å²) in [7, 11) is 1.53. The van der Waals surface area contributed by atoms with Gasteiger partial charge in [-0.2, -0.15) is 0 Å². The van der Waals surface area contributed by atoms with Crippen molar-refractivity contribution >= 4 is 5.97 Å². The molecule has 23 heavy (non-hydrogen) atoms. The maximum Gasteiger partial charge on any atom is 0.342 e. The standard InChI is InChI=1S/C14H11N5O4/c1-23-11-3-2-8(6-10(11)19-5-4-16-18-19)12-15-7-9(14(21)22)13(20)17-12/h2-7H,1H3,(H,21,22)(H,15,17,20). The third-order valence-electron chi connectivity index (χ3n) is 3.15. The van der Waals surface area contributed by atoms with E-state index in [2.05, 4.69) is 20.3 Å². The number of carboxylic acids is 1. The van der Waals surface area contributed by atoms with E-state index in [-0.39, 0.29) is 5.82 Å². The lowest BCUT2D eigenvalue weighted by Gasteiger charge is -2.10. The van der Waals surface area contributed by atoms with Crippen LogP contribution >= 0.6 is 0 Å². The van der Waals surface area contributed by atoms with Gasteiger partial charge in [0.15, 0.2) is 0 Å². The van der Waals surface area contributed by atoms with Crippen LogP contribution in [0.15, 0.2) is 41.6 Å². The van der Waals surface area contributed by atoms with Crippen LogP contribution in [0.2, 0.25) is 0 Å². The molecule has 3 rings (SSSR count). The minimum absolute atomic E-state index is 0.240. The van der Waals surface area contributed by atoms with Gasteiger partial charge >= 0.3 is 5.97 Å². The molecule has 0 aliphatic rings. The maximum absolute atomic E-state index is 11.8. The highest BCUT2D eigenvalue weighted by Crippen LogP contribution is 2.26. The molecule has 2 aromatic heterocycles. The number of aromatic amines is 1. The van der Waals surface area contributed by atoms with Crippen molar-refractivity contribution in [3.05, 3.63) is 52.7 Å². The van der Waals surface area contributed by atoms with E-state index in [1.807, 2.05) is 0 Å². The normalized spacial score (nSPS) is 10.5. The number of nitrogens with zero attached hydrogens (tertiary/aromatic N) is 4. The van der Waals surface area contributed by atoms with Gasteiger partial charge in [-0.3, -0.25) is 4.79 Å². The molecule has 0 saturated carbocycles. The number of hydrogen-bond donors (Lipinski definition) is 2. The van der Waals surface area contributed by atoms with Crippen LogP contribution in [0, 0.1) is 0 Å². The molecule has 2 heterocycles. The third kappa shape index (κ3) is 2.67. The van der Waals surface area contributed by atoms with Crippen molar-refractivity contribution < 1.29 is 14.6 Å². The van der Waals surface area contributed by atoms with Crippen molar-refractivity contribution in [2.45, 2.75) is 0 Å². The summed E-state index contributed by atoms with van der Waals surface area (Å²) < 4.78 is 6.78. The molecular formula is C14H11N5O4. The number of nitrogens with one attached hydrogen (secondary N) is 1. The number of ether oxygens (including phenoxy) is 1. The SMILES string of the molecule is COc1ccc(-c2ncc(C(=O)O)c(=O)[nH]2)cc1-n1ccnn1. The van der Waals surface area contributed by atoms with Gasteiger partial charge in [-0.1, -0.05) is 5.21 Å². The van der Waals surface area contributed by atoms with E-state index in [1.54, 1.807) is 24.4 Å². The van der Waals surface area contributed by atoms with Crippen molar-refractivity contribution in [3.63, 3.8) is 0 Å². The van der Waals surface area contributed by atoms with E-state index in [0.29, 0.717) is 17.0 Å². The quantitative estimate of drug-likeness (QED) is 0.727. The molecular weight excluding hydrogens is 302 g/mol. The van der Waals surface area contributed by atoms with Crippen LogP contribution in [-0.2, 0) is 0 Å². The second-order valence-electron chi connectivity index (χ2n) is 4.51. The highest BCUT2D eigenvalue weighted by Gasteiger charge is 2.13. The molecule has 116 valence electrons. The summed E-state index contributed by atoms with van der Waals surface area (Å²) in [5, 5.41) is 16.5. The average Bonchev–Trinajstić information content (AvgIpc) is 3.08. The topological polar surface area (TPSA) is 123 Å². The van der Waals surface area contributed by atoms with Gasteiger partial charge in [0.2, 0.25) is 0 Å². The molecule has 9 nitrogen and oxygen atoms in total. The fourth-order valence-electron chi connectivity index (χ4n) is 2.05. The lowest BCUT2D eigenvalue weighted by molar-refractivity contribution is 0.0694. The predicted molar refractivity (Wildman–Crippen MR) is 78.7 cm³/mol. The molecule has 0 unspecified atom stereocenters. The Labute approximate surface area is 129 Å². The molecule has 1 aromatic carbocycles. The number of carbonyl (C=O) groups is 1. The van der Waals surface area contributed by atoms with E-state index >= 15 is 0 Å². The highest BCUT2D eigenvalue weighted by atomic mass is 16.5. The Morgan fingerprint density at radius 2 is 2.22 bits per heavy atom. The van der Waals surface area contributed by atoms with Gasteiger partial charge < -0.3 is 14.8 Å². The maximum atomic E-state index is 11.8. The zero-order chi connectivity index (χ0) is 16.4. The van der Waals surface area contributed by atoms with E-state index in [0.717, 1.165) is 6.20 Å². The Morgan fingerprint density at radius 3 is 2.83 bits per heavy atom. The first kappa shape index (κ1) is 14.4. The summed E-state index contributed by atoms with van der Waals surface area (Å²) in [4.78, 5) is 29.1. The van der Waals surface area contributed by atoms with Gasteiger partial charge in [0.05, 0.1) is 19.5 Å². The summed E-state index contributed by atoms with van der Waals surface area (Å²) in [6, 6.07) is 5.08. The van der Waals surface area contributed by atoms with Crippen LogP contribution < -0.4 is 10.3 Å². The Hall–Kier alpha value is -3.49. The summed E-state index contributed by atoms with van der Waals surface area (Å²) in [5.41, 5.74) is 0.0391. The minimum atomic E-state index is -1.33. The van der Waals surface area contributed by atoms with Crippen molar-refractivity contribution in [1.29, 1.82) is 0 Å². The number of H-pyrrole nitrogens is 1. The largest absolute Gasteiger partial charge is 0.494 e. The second-order valence-corrected chi connectivity index (χ2v) is 4.51. The van der Waals surface area contributed by atoms with Gasteiger partial charge in [-0.05, 0) is 18.2 Å². The number of rotatable bonds is 4. The first-order chi connectivity index (χ1) is 11.1. The zero-order valence-electron chi connectivity index (χ0n) is 11.9. The highest BCUT2D eigenvalue weighted by molar-refractivity contribution is 5.86. The molecule has 0 fully saturated rings. The fourth-order valence-corrected chi connectivity index (χ4v) is 2.05. The molecule has 0 bridgehead atoms. The van der Waals surface area contributed by atoms with Crippen LogP contribution in [-0.4, -0.2) is 43.1 Å². The zero-order valence-corrected chi connectivity index (χ0v) is 11.9. The number of aromatic nitrogens is 5. The molecule has 2 N–H and O–H groups in total. The summed E-state index contributed by atoms with van der Waals surface area (Å²) in [6.45, 7) is 0. The fraction of sp³-hybridized carbons (Fsp3) is 0.0714. The molecule has 9 heteroatoms. The number of benzene rings is 1. The summed E-state index contributed by atoms with van der Waals surface area (Å²) in [6.07, 6.45) is 4.19.